The summed E-state index contributed by atoms with van der Waals surface area (Å²) in [6.07, 6.45) is 4.24. The number of rotatable bonds is 3. The summed E-state index contributed by atoms with van der Waals surface area (Å²) < 4.78 is 5.29. The van der Waals surface area contributed by atoms with Crippen molar-refractivity contribution in [1.82, 2.24) is 10.2 Å². The number of carbonyl (C=O) groups is 2. The van der Waals surface area contributed by atoms with Crippen LogP contribution in [0.3, 0.4) is 0 Å². The largest absolute Gasteiger partial charge is 0.378 e. The molecule has 1 aromatic rings. The number of ether oxygens (including phenoxy) is 1. The molecule has 2 amide bonds. The van der Waals surface area contributed by atoms with E-state index in [1.807, 2.05) is 0 Å². The predicted molar refractivity (Wildman–Crippen MR) is 94.2 cm³/mol. The van der Waals surface area contributed by atoms with Crippen LogP contribution in [0.1, 0.15) is 37.3 Å². The molecule has 2 aliphatic carbocycles. The smallest absolute Gasteiger partial charge is 0.245 e. The number of aryl methyl sites for hydroxylation is 1. The van der Waals surface area contributed by atoms with Crippen molar-refractivity contribution in [3.8, 4) is 0 Å². The van der Waals surface area contributed by atoms with Gasteiger partial charge in [-0.1, -0.05) is 24.3 Å². The van der Waals surface area contributed by atoms with Crippen molar-refractivity contribution in [3.05, 3.63) is 35.4 Å². The van der Waals surface area contributed by atoms with E-state index < -0.39 is 6.04 Å². The van der Waals surface area contributed by atoms with Crippen LogP contribution in [-0.2, 0) is 26.2 Å². The highest BCUT2D eigenvalue weighted by molar-refractivity contribution is 5.90. The first-order chi connectivity index (χ1) is 12.1. The fourth-order valence-electron chi connectivity index (χ4n) is 4.61. The molecule has 0 bridgehead atoms. The van der Waals surface area contributed by atoms with Gasteiger partial charge in [-0.3, -0.25) is 9.59 Å². The first-order valence-corrected chi connectivity index (χ1v) is 9.37. The van der Waals surface area contributed by atoms with E-state index in [1.165, 1.54) is 11.1 Å². The Morgan fingerprint density at radius 3 is 2.84 bits per heavy atom. The number of morpholine rings is 1. The van der Waals surface area contributed by atoms with Gasteiger partial charge in [-0.25, -0.2) is 0 Å². The van der Waals surface area contributed by atoms with Crippen molar-refractivity contribution in [3.63, 3.8) is 0 Å². The van der Waals surface area contributed by atoms with Gasteiger partial charge in [-0.05, 0) is 43.7 Å². The van der Waals surface area contributed by atoms with Gasteiger partial charge in [0.05, 0.1) is 13.2 Å². The minimum Gasteiger partial charge on any atom is -0.378 e. The van der Waals surface area contributed by atoms with Gasteiger partial charge in [0.25, 0.3) is 0 Å². The predicted octanol–water partition coefficient (Wildman–Crippen LogP) is 1.64. The van der Waals surface area contributed by atoms with Crippen molar-refractivity contribution >= 4 is 11.8 Å². The Morgan fingerprint density at radius 1 is 1.28 bits per heavy atom. The number of amides is 2. The Labute approximate surface area is 148 Å². The highest BCUT2D eigenvalue weighted by Crippen LogP contribution is 2.60. The van der Waals surface area contributed by atoms with Crippen molar-refractivity contribution in [2.24, 2.45) is 5.92 Å². The lowest BCUT2D eigenvalue weighted by Gasteiger charge is -2.30. The lowest BCUT2D eigenvalue weighted by atomic mass is 9.78. The first-order valence-electron chi connectivity index (χ1n) is 9.37. The second kappa shape index (κ2) is 6.45. The van der Waals surface area contributed by atoms with Gasteiger partial charge in [0, 0.05) is 24.4 Å². The molecular weight excluding hydrogens is 316 g/mol. The third kappa shape index (κ3) is 2.95. The molecule has 5 nitrogen and oxygen atoms in total. The molecule has 0 aromatic heterocycles. The normalized spacial score (nSPS) is 29.0. The van der Waals surface area contributed by atoms with Gasteiger partial charge in [-0.15, -0.1) is 0 Å². The summed E-state index contributed by atoms with van der Waals surface area (Å²) in [5.74, 6) is 0.0371. The summed E-state index contributed by atoms with van der Waals surface area (Å²) in [4.78, 5) is 27.1. The van der Waals surface area contributed by atoms with Crippen molar-refractivity contribution in [2.75, 3.05) is 26.3 Å². The molecule has 4 rings (SSSR count). The van der Waals surface area contributed by atoms with Gasteiger partial charge >= 0.3 is 0 Å². The molecule has 1 saturated carbocycles. The van der Waals surface area contributed by atoms with E-state index in [2.05, 4.69) is 29.6 Å². The van der Waals surface area contributed by atoms with Gasteiger partial charge in [0.15, 0.2) is 0 Å². The topological polar surface area (TPSA) is 58.6 Å². The zero-order valence-electron chi connectivity index (χ0n) is 14.8. The molecule has 1 heterocycles. The third-order valence-corrected chi connectivity index (χ3v) is 6.07. The van der Waals surface area contributed by atoms with Crippen LogP contribution in [0.15, 0.2) is 24.3 Å². The van der Waals surface area contributed by atoms with Crippen LogP contribution < -0.4 is 5.32 Å². The quantitative estimate of drug-likeness (QED) is 0.909. The Morgan fingerprint density at radius 2 is 2.04 bits per heavy atom. The van der Waals surface area contributed by atoms with E-state index in [0.717, 1.165) is 25.7 Å². The first kappa shape index (κ1) is 16.6. The molecule has 1 N–H and O–H groups in total. The van der Waals surface area contributed by atoms with Gasteiger partial charge in [-0.2, -0.15) is 0 Å². The highest BCUT2D eigenvalue weighted by atomic mass is 16.5. The summed E-state index contributed by atoms with van der Waals surface area (Å²) in [6.45, 7) is 4.17. The van der Waals surface area contributed by atoms with Crippen LogP contribution in [-0.4, -0.2) is 49.1 Å². The van der Waals surface area contributed by atoms with E-state index >= 15 is 0 Å². The lowest BCUT2D eigenvalue weighted by Crippen LogP contribution is -2.51. The molecule has 0 radical (unpaired) electrons. The molecule has 3 atom stereocenters. The van der Waals surface area contributed by atoms with Crippen LogP contribution in [0.2, 0.25) is 0 Å². The Balaban J connectivity index is 1.41. The van der Waals surface area contributed by atoms with E-state index in [1.54, 1.807) is 11.8 Å². The highest BCUT2D eigenvalue weighted by Gasteiger charge is 2.60. The number of fused-ring (bicyclic) bond motifs is 2. The van der Waals surface area contributed by atoms with Crippen LogP contribution >= 0.6 is 0 Å². The Hall–Kier alpha value is -1.88. The van der Waals surface area contributed by atoms with E-state index in [0.29, 0.717) is 26.3 Å². The minimum atomic E-state index is -0.470. The van der Waals surface area contributed by atoms with Gasteiger partial charge < -0.3 is 15.0 Å². The SMILES string of the molecule is C[C@H](NC(=O)[C@@H]1C[C@]12CCCc1ccccc12)C(=O)N1CCOCC1. The van der Waals surface area contributed by atoms with Crippen molar-refractivity contribution < 1.29 is 14.3 Å². The third-order valence-electron chi connectivity index (χ3n) is 6.07. The molecule has 3 aliphatic rings. The molecule has 1 aromatic carbocycles. The standard InChI is InChI=1S/C20H26N2O3/c1-14(19(24)22-9-11-25-12-10-22)21-18(23)17-13-20(17)8-4-6-15-5-2-3-7-16(15)20/h2-3,5,7,14,17H,4,6,8-13H2,1H3,(H,21,23)/t14-,17-,20-/m0/s1. The molecule has 25 heavy (non-hydrogen) atoms. The van der Waals surface area contributed by atoms with Crippen molar-refractivity contribution in [2.45, 2.75) is 44.1 Å². The molecule has 1 aliphatic heterocycles. The molecule has 1 saturated heterocycles. The molecule has 0 unspecified atom stereocenters. The summed E-state index contributed by atoms with van der Waals surface area (Å²) >= 11 is 0. The lowest BCUT2D eigenvalue weighted by molar-refractivity contribution is -0.139. The number of benzene rings is 1. The fraction of sp³-hybridized carbons (Fsp3) is 0.600. The summed E-state index contributed by atoms with van der Waals surface area (Å²) in [5.41, 5.74) is 2.76. The van der Waals surface area contributed by atoms with E-state index in [9.17, 15) is 9.59 Å². The van der Waals surface area contributed by atoms with Gasteiger partial charge in [0.1, 0.15) is 6.04 Å². The van der Waals surface area contributed by atoms with Crippen LogP contribution in [0.25, 0.3) is 0 Å². The number of nitrogens with one attached hydrogen (secondary N) is 1. The monoisotopic (exact) mass is 342 g/mol. The van der Waals surface area contributed by atoms with Crippen LogP contribution in [0, 0.1) is 5.92 Å². The summed E-state index contributed by atoms with van der Waals surface area (Å²) in [6, 6.07) is 8.06. The number of hydrogen-bond acceptors (Lipinski definition) is 3. The maximum absolute atomic E-state index is 12.8. The maximum Gasteiger partial charge on any atom is 0.245 e. The second-order valence-electron chi connectivity index (χ2n) is 7.59. The average Bonchev–Trinajstić information content (AvgIpc) is 3.37. The maximum atomic E-state index is 12.8. The number of nitrogens with zero attached hydrogens (tertiary/aromatic N) is 1. The minimum absolute atomic E-state index is 0.00426. The average molecular weight is 342 g/mol. The summed E-state index contributed by atoms with van der Waals surface area (Å²) in [7, 11) is 0. The van der Waals surface area contributed by atoms with Crippen LogP contribution in [0.5, 0.6) is 0 Å². The van der Waals surface area contributed by atoms with Crippen LogP contribution in [0.4, 0.5) is 0 Å². The fourth-order valence-corrected chi connectivity index (χ4v) is 4.61. The molecule has 2 fully saturated rings. The zero-order valence-corrected chi connectivity index (χ0v) is 14.8. The molecular formula is C20H26N2O3. The Kier molecular flexibility index (Phi) is 4.28. The summed E-state index contributed by atoms with van der Waals surface area (Å²) in [5, 5.41) is 2.97. The molecule has 1 spiro atoms. The van der Waals surface area contributed by atoms with Crippen molar-refractivity contribution in [1.29, 1.82) is 0 Å². The van der Waals surface area contributed by atoms with Gasteiger partial charge in [0.2, 0.25) is 11.8 Å². The zero-order chi connectivity index (χ0) is 17.4. The van der Waals surface area contributed by atoms with E-state index in [4.69, 9.17) is 4.74 Å². The van der Waals surface area contributed by atoms with E-state index in [-0.39, 0.29) is 23.1 Å². The number of hydrogen-bond donors (Lipinski definition) is 1. The second-order valence-corrected chi connectivity index (χ2v) is 7.59. The Bertz CT molecular complexity index is 683. The molecule has 5 heteroatoms. The molecule has 134 valence electrons. The number of carbonyl (C=O) groups excluding carboxylic acids is 2.